The summed E-state index contributed by atoms with van der Waals surface area (Å²) in [7, 11) is -1.60. The molecule has 1 unspecified atom stereocenters. The van der Waals surface area contributed by atoms with Gasteiger partial charge < -0.3 is 37.9 Å². The SMILES string of the molecule is C=CCOC(=O)Nc1ncnc2c1ncn2[C@H]1C[C@H](OP(=O)(OCC=C)OC[C@H]2O[C@@H](n3cc(C)c(=O)[nH]c3=O)C[C@@H]2OC(=O)OCC=C)[C@@H](COC(c2ccccc2)(c2ccc(OC)cc2)c2ccc(OC)cc2)O1. The van der Waals surface area contributed by atoms with Crippen molar-refractivity contribution in [1.29, 1.82) is 0 Å². The second kappa shape index (κ2) is 24.7. The van der Waals surface area contributed by atoms with Crippen molar-refractivity contribution >= 4 is 37.1 Å². The van der Waals surface area contributed by atoms with Gasteiger partial charge in [0.1, 0.15) is 73.5 Å². The van der Waals surface area contributed by atoms with Crippen molar-refractivity contribution in [3.05, 3.63) is 179 Å². The molecule has 3 aromatic carbocycles. The molecule has 2 aliphatic rings. The number of rotatable bonds is 24. The molecular formula is C52H56N7O16P. The third-order valence-electron chi connectivity index (χ3n) is 12.3. The molecule has 0 saturated carbocycles. The quantitative estimate of drug-likeness (QED) is 0.0258. The Hall–Kier alpha value is -7.76. The number of hydrogen-bond donors (Lipinski definition) is 2. The fourth-order valence-electron chi connectivity index (χ4n) is 8.64. The highest BCUT2D eigenvalue weighted by Gasteiger charge is 2.48. The van der Waals surface area contributed by atoms with Crippen LogP contribution in [0.5, 0.6) is 11.5 Å². The second-order valence-corrected chi connectivity index (χ2v) is 18.7. The van der Waals surface area contributed by atoms with E-state index in [9.17, 15) is 19.2 Å². The van der Waals surface area contributed by atoms with Crippen LogP contribution in [-0.2, 0) is 52.2 Å². The largest absolute Gasteiger partial charge is 0.508 e. The van der Waals surface area contributed by atoms with Gasteiger partial charge in [0.05, 0.1) is 40.4 Å². The molecule has 2 N–H and O–H groups in total. The topological polar surface area (TPSA) is 263 Å². The minimum atomic E-state index is -4.74. The van der Waals surface area contributed by atoms with Crippen LogP contribution in [0.25, 0.3) is 11.2 Å². The second-order valence-electron chi connectivity index (χ2n) is 17.1. The molecule has 400 valence electrons. The number of imidazole rings is 1. The van der Waals surface area contributed by atoms with Crippen LogP contribution in [0.4, 0.5) is 15.4 Å². The Morgan fingerprint density at radius 2 is 1.38 bits per heavy atom. The third-order valence-corrected chi connectivity index (χ3v) is 13.7. The van der Waals surface area contributed by atoms with Gasteiger partial charge in [0.25, 0.3) is 5.56 Å². The van der Waals surface area contributed by atoms with Crippen LogP contribution in [0.1, 0.15) is 47.6 Å². The molecule has 8 rings (SSSR count). The summed E-state index contributed by atoms with van der Waals surface area (Å²) in [5.74, 6) is 1.27. The zero-order valence-electron chi connectivity index (χ0n) is 41.7. The van der Waals surface area contributed by atoms with E-state index in [0.29, 0.717) is 22.6 Å². The summed E-state index contributed by atoms with van der Waals surface area (Å²) < 4.78 is 83.5. The van der Waals surface area contributed by atoms with Gasteiger partial charge in [-0.05, 0) is 47.9 Å². The highest BCUT2D eigenvalue weighted by Crippen LogP contribution is 2.54. The van der Waals surface area contributed by atoms with Crippen LogP contribution in [0.3, 0.4) is 0 Å². The van der Waals surface area contributed by atoms with Crippen LogP contribution in [0.15, 0.2) is 145 Å². The Labute approximate surface area is 435 Å². The van der Waals surface area contributed by atoms with E-state index in [-0.39, 0.29) is 61.8 Å². The summed E-state index contributed by atoms with van der Waals surface area (Å²) >= 11 is 0. The van der Waals surface area contributed by atoms with Crippen molar-refractivity contribution in [1.82, 2.24) is 29.1 Å². The molecule has 7 atom stereocenters. The van der Waals surface area contributed by atoms with Gasteiger partial charge in [-0.15, -0.1) is 6.58 Å². The number of methoxy groups -OCH3 is 2. The molecule has 6 aromatic rings. The average Bonchev–Trinajstić information content (AvgIpc) is 4.19. The monoisotopic (exact) mass is 1070 g/mol. The van der Waals surface area contributed by atoms with Crippen molar-refractivity contribution < 1.29 is 65.6 Å². The Kier molecular flexibility index (Phi) is 17.7. The van der Waals surface area contributed by atoms with Gasteiger partial charge in [0, 0.05) is 24.6 Å². The molecule has 3 aromatic heterocycles. The number of nitrogens with one attached hydrogen (secondary N) is 2. The number of hydrogen-bond acceptors (Lipinski definition) is 19. The number of fused-ring (bicyclic) bond motifs is 1. The maximum atomic E-state index is 15.2. The van der Waals surface area contributed by atoms with E-state index < -0.39 is 80.4 Å². The minimum absolute atomic E-state index is 0.0425. The Morgan fingerprint density at radius 3 is 2.03 bits per heavy atom. The molecule has 2 fully saturated rings. The van der Waals surface area contributed by atoms with Gasteiger partial charge in [-0.3, -0.25) is 37.8 Å². The van der Waals surface area contributed by atoms with Crippen molar-refractivity contribution in [3.8, 4) is 11.5 Å². The molecule has 76 heavy (non-hydrogen) atoms. The predicted molar refractivity (Wildman–Crippen MR) is 273 cm³/mol. The number of carbonyl (C=O) groups is 2. The number of aromatic nitrogens is 6. The summed E-state index contributed by atoms with van der Waals surface area (Å²) in [5.41, 5.74) is 0.102. The van der Waals surface area contributed by atoms with Gasteiger partial charge in [0.2, 0.25) is 0 Å². The number of aryl methyl sites for hydroxylation is 1. The molecule has 23 nitrogen and oxygen atoms in total. The lowest BCUT2D eigenvalue weighted by Gasteiger charge is -2.37. The first-order valence-corrected chi connectivity index (χ1v) is 25.2. The lowest BCUT2D eigenvalue weighted by molar-refractivity contribution is -0.0949. The standard InChI is InChI=1S/C52H56N7O16P/c1-7-23-67-50(62)56-46-45-47(54-31-53-46)59(32-55-45)44-27-40(41(72-44)29-69-52(34-13-11-10-12-14-34,35-15-19-37(65-5)20-16-35)36-17-21-38(66-6)22-18-36)75-76(64,70-25-9-3)71-30-42-39(74-51(63)68-24-8-2)26-43(73-42)58-28-33(4)48(60)57-49(58)61/h7-22,28,31-32,39-44H,1-3,23-27,29-30H2,4-6H3,(H,57,60,61)(H,53,54,56,62)/t39-,40-,41+,42+,43+,44+,76?/m0/s1. The number of benzene rings is 3. The molecule has 0 aliphatic carbocycles. The van der Waals surface area contributed by atoms with Crippen LogP contribution in [-0.4, -0.2) is 113 Å². The van der Waals surface area contributed by atoms with Crippen molar-refractivity contribution in [3.63, 3.8) is 0 Å². The fraction of sp³-hybridized carbons (Fsp3) is 0.327. The fourth-order valence-corrected chi connectivity index (χ4v) is 10.0. The van der Waals surface area contributed by atoms with Crippen LogP contribution < -0.4 is 26.0 Å². The summed E-state index contributed by atoms with van der Waals surface area (Å²) in [6.45, 7) is 11.0. The highest BCUT2D eigenvalue weighted by atomic mass is 31.2. The van der Waals surface area contributed by atoms with E-state index in [4.69, 9.17) is 51.5 Å². The lowest BCUT2D eigenvalue weighted by atomic mass is 9.80. The molecule has 5 heterocycles. The maximum absolute atomic E-state index is 15.2. The first-order valence-electron chi connectivity index (χ1n) is 23.8. The number of aromatic amines is 1. The van der Waals surface area contributed by atoms with E-state index in [1.807, 2.05) is 78.9 Å². The van der Waals surface area contributed by atoms with Gasteiger partial charge in [0.15, 0.2) is 17.0 Å². The number of nitrogens with zero attached hydrogens (tertiary/aromatic N) is 5. The predicted octanol–water partition coefficient (Wildman–Crippen LogP) is 7.44. The van der Waals surface area contributed by atoms with E-state index >= 15 is 4.57 Å². The number of phosphoric ester groups is 1. The zero-order chi connectivity index (χ0) is 53.8. The van der Waals surface area contributed by atoms with E-state index in [2.05, 4.69) is 45.0 Å². The van der Waals surface area contributed by atoms with E-state index in [0.717, 1.165) is 10.1 Å². The molecule has 24 heteroatoms. The number of amides is 1. The average molecular weight is 1070 g/mol. The smallest absolute Gasteiger partial charge is 0.497 e. The summed E-state index contributed by atoms with van der Waals surface area (Å²) in [5, 5.41) is 2.57. The van der Waals surface area contributed by atoms with Crippen molar-refractivity contribution in [2.24, 2.45) is 0 Å². The Balaban J connectivity index is 1.15. The number of ether oxygens (including phenoxy) is 8. The van der Waals surface area contributed by atoms with Crippen molar-refractivity contribution in [2.45, 2.75) is 62.2 Å². The molecular weight excluding hydrogens is 1010 g/mol. The minimum Gasteiger partial charge on any atom is -0.497 e. The van der Waals surface area contributed by atoms with Crippen molar-refractivity contribution in [2.75, 3.05) is 52.6 Å². The van der Waals surface area contributed by atoms with Crippen LogP contribution >= 0.6 is 7.82 Å². The highest BCUT2D eigenvalue weighted by molar-refractivity contribution is 7.48. The van der Waals surface area contributed by atoms with Gasteiger partial charge in [-0.25, -0.2) is 33.9 Å². The summed E-state index contributed by atoms with van der Waals surface area (Å²) in [6, 6.07) is 24.4. The first-order chi connectivity index (χ1) is 36.8. The zero-order valence-corrected chi connectivity index (χ0v) is 42.6. The molecule has 0 radical (unpaired) electrons. The van der Waals surface area contributed by atoms with Crippen LogP contribution in [0, 0.1) is 6.92 Å². The number of carbonyl (C=O) groups excluding carboxylic acids is 2. The molecule has 2 saturated heterocycles. The summed E-state index contributed by atoms with van der Waals surface area (Å²) in [4.78, 5) is 66.0. The summed E-state index contributed by atoms with van der Waals surface area (Å²) in [6.07, 6.45) is -0.544. The van der Waals surface area contributed by atoms with E-state index in [1.165, 1.54) is 44.0 Å². The Bertz CT molecular complexity index is 3120. The van der Waals surface area contributed by atoms with E-state index in [1.54, 1.807) is 18.8 Å². The first kappa shape index (κ1) is 54.5. The number of H-pyrrole nitrogens is 1. The lowest BCUT2D eigenvalue weighted by Crippen LogP contribution is -2.38. The molecule has 0 bridgehead atoms. The van der Waals surface area contributed by atoms with Gasteiger partial charge >= 0.3 is 25.8 Å². The Morgan fingerprint density at radius 1 is 0.776 bits per heavy atom. The van der Waals surface area contributed by atoms with Gasteiger partial charge in [-0.2, -0.15) is 0 Å². The molecule has 1 amide bonds. The maximum Gasteiger partial charge on any atom is 0.508 e. The molecule has 0 spiro atoms. The number of phosphoric acid groups is 1. The van der Waals surface area contributed by atoms with Crippen LogP contribution in [0.2, 0.25) is 0 Å². The normalized spacial score (nSPS) is 20.0. The van der Waals surface area contributed by atoms with Gasteiger partial charge in [-0.1, -0.05) is 86.0 Å². The number of anilines is 1. The molecule has 2 aliphatic heterocycles. The third kappa shape index (κ3) is 12.3.